The number of hydrogen-bond donors (Lipinski definition) is 1. The van der Waals surface area contributed by atoms with Crippen molar-refractivity contribution in [2.45, 2.75) is 25.9 Å². The van der Waals surface area contributed by atoms with Gasteiger partial charge in [-0.3, -0.25) is 9.48 Å². The maximum Gasteiger partial charge on any atom is 0.228 e. The molecule has 0 radical (unpaired) electrons. The Morgan fingerprint density at radius 1 is 1.30 bits per heavy atom. The van der Waals surface area contributed by atoms with Gasteiger partial charge in [-0.15, -0.1) is 0 Å². The molecule has 5 rings (SSSR count). The summed E-state index contributed by atoms with van der Waals surface area (Å²) in [6, 6.07) is 6.43. The molecule has 1 N–H and O–H groups in total. The molecule has 0 bridgehead atoms. The number of imidazole rings is 1. The lowest BCUT2D eigenvalue weighted by Crippen LogP contribution is -2.36. The Hall–Kier alpha value is -2.74. The number of fused-ring (bicyclic) bond motifs is 2. The summed E-state index contributed by atoms with van der Waals surface area (Å²) in [5.41, 5.74) is 3.04. The van der Waals surface area contributed by atoms with Gasteiger partial charge in [0.25, 0.3) is 0 Å². The summed E-state index contributed by atoms with van der Waals surface area (Å²) in [4.78, 5) is 22.3. The summed E-state index contributed by atoms with van der Waals surface area (Å²) in [6.45, 7) is 3.22. The lowest BCUT2D eigenvalue weighted by molar-refractivity contribution is -0.136. The number of ether oxygens (including phenoxy) is 1. The van der Waals surface area contributed by atoms with Crippen molar-refractivity contribution < 1.29 is 13.9 Å². The highest BCUT2D eigenvalue weighted by Crippen LogP contribution is 2.24. The second-order valence-electron chi connectivity index (χ2n) is 7.16. The number of nitrogens with zero attached hydrogens (tertiary/aromatic N) is 4. The number of aryl methyl sites for hydroxylation is 1. The SMILES string of the molecule is O=C(C1CCOC1)N1CCCn2nc(-c3nc4ccc(F)cc4[nH]3)cc2C1. The summed E-state index contributed by atoms with van der Waals surface area (Å²) in [5.74, 6) is 0.453. The number of H-pyrrole nitrogens is 1. The topological polar surface area (TPSA) is 76.0 Å². The van der Waals surface area contributed by atoms with Crippen LogP contribution in [0.1, 0.15) is 18.5 Å². The minimum absolute atomic E-state index is 0.0239. The smallest absolute Gasteiger partial charge is 0.228 e. The summed E-state index contributed by atoms with van der Waals surface area (Å²) < 4.78 is 20.7. The number of rotatable bonds is 2. The third-order valence-electron chi connectivity index (χ3n) is 5.29. The van der Waals surface area contributed by atoms with Crippen LogP contribution in [-0.2, 0) is 22.6 Å². The van der Waals surface area contributed by atoms with Crippen molar-refractivity contribution in [1.29, 1.82) is 0 Å². The average Bonchev–Trinajstić information content (AvgIpc) is 3.38. The first kappa shape index (κ1) is 16.4. The molecule has 0 saturated carbocycles. The van der Waals surface area contributed by atoms with Gasteiger partial charge in [-0.1, -0.05) is 0 Å². The summed E-state index contributed by atoms with van der Waals surface area (Å²) in [6.07, 6.45) is 1.66. The molecule has 2 aromatic heterocycles. The monoisotopic (exact) mass is 369 g/mol. The molecule has 2 aliphatic heterocycles. The van der Waals surface area contributed by atoms with Crippen molar-refractivity contribution in [2.24, 2.45) is 5.92 Å². The van der Waals surface area contributed by atoms with Crippen LogP contribution in [0.15, 0.2) is 24.3 Å². The van der Waals surface area contributed by atoms with Gasteiger partial charge in [0.2, 0.25) is 5.91 Å². The van der Waals surface area contributed by atoms with E-state index in [1.54, 1.807) is 6.07 Å². The lowest BCUT2D eigenvalue weighted by Gasteiger charge is -2.22. The van der Waals surface area contributed by atoms with Crippen LogP contribution in [0.3, 0.4) is 0 Å². The van der Waals surface area contributed by atoms with Crippen molar-refractivity contribution in [3.8, 4) is 11.5 Å². The van der Waals surface area contributed by atoms with Crippen molar-refractivity contribution in [3.05, 3.63) is 35.8 Å². The molecular formula is C19H20FN5O2. The first-order valence-electron chi connectivity index (χ1n) is 9.26. The fraction of sp³-hybridized carbons (Fsp3) is 0.421. The van der Waals surface area contributed by atoms with Crippen LogP contribution in [-0.4, -0.2) is 50.3 Å². The van der Waals surface area contributed by atoms with E-state index in [0.29, 0.717) is 42.3 Å². The molecule has 1 atom stereocenters. The number of halogens is 1. The third kappa shape index (κ3) is 2.99. The minimum atomic E-state index is -0.302. The second kappa shape index (κ2) is 6.45. The Bertz CT molecular complexity index is 1000. The van der Waals surface area contributed by atoms with E-state index in [1.165, 1.54) is 12.1 Å². The molecule has 8 heteroatoms. The molecule has 1 aromatic carbocycles. The molecule has 4 heterocycles. The molecule has 1 saturated heterocycles. The normalized spacial score (nSPS) is 20.0. The number of benzene rings is 1. The van der Waals surface area contributed by atoms with E-state index >= 15 is 0 Å². The van der Waals surface area contributed by atoms with Crippen LogP contribution >= 0.6 is 0 Å². The number of carbonyl (C=O) groups excluding carboxylic acids is 1. The first-order chi connectivity index (χ1) is 13.2. The predicted molar refractivity (Wildman–Crippen MR) is 96.2 cm³/mol. The zero-order valence-electron chi connectivity index (χ0n) is 14.8. The van der Waals surface area contributed by atoms with E-state index in [9.17, 15) is 9.18 Å². The van der Waals surface area contributed by atoms with Crippen LogP contribution in [0.4, 0.5) is 4.39 Å². The molecule has 0 aliphatic carbocycles. The van der Waals surface area contributed by atoms with Crippen LogP contribution < -0.4 is 0 Å². The zero-order valence-corrected chi connectivity index (χ0v) is 14.8. The molecule has 2 aliphatic rings. The van der Waals surface area contributed by atoms with E-state index < -0.39 is 0 Å². The Kier molecular flexibility index (Phi) is 3.93. The van der Waals surface area contributed by atoms with Crippen LogP contribution in [0.5, 0.6) is 0 Å². The molecule has 0 spiro atoms. The van der Waals surface area contributed by atoms with Gasteiger partial charge in [-0.25, -0.2) is 9.37 Å². The fourth-order valence-electron chi connectivity index (χ4n) is 3.86. The number of amides is 1. The van der Waals surface area contributed by atoms with Gasteiger partial charge in [0.1, 0.15) is 11.5 Å². The predicted octanol–water partition coefficient (Wildman–Crippen LogP) is 2.33. The molecule has 3 aromatic rings. The van der Waals surface area contributed by atoms with Gasteiger partial charge < -0.3 is 14.6 Å². The van der Waals surface area contributed by atoms with Crippen LogP contribution in [0, 0.1) is 11.7 Å². The van der Waals surface area contributed by atoms with Gasteiger partial charge >= 0.3 is 0 Å². The number of aromatic amines is 1. The van der Waals surface area contributed by atoms with Crippen LogP contribution in [0.2, 0.25) is 0 Å². The van der Waals surface area contributed by atoms with E-state index in [1.807, 2.05) is 15.6 Å². The van der Waals surface area contributed by atoms with E-state index in [4.69, 9.17) is 4.74 Å². The quantitative estimate of drug-likeness (QED) is 0.752. The van der Waals surface area contributed by atoms with Crippen molar-refractivity contribution in [3.63, 3.8) is 0 Å². The molecule has 1 unspecified atom stereocenters. The number of hydrogen-bond acceptors (Lipinski definition) is 4. The second-order valence-corrected chi connectivity index (χ2v) is 7.16. The Labute approximate surface area is 155 Å². The maximum absolute atomic E-state index is 13.4. The highest BCUT2D eigenvalue weighted by Gasteiger charge is 2.30. The van der Waals surface area contributed by atoms with Gasteiger partial charge in [-0.05, 0) is 37.1 Å². The van der Waals surface area contributed by atoms with Gasteiger partial charge in [0, 0.05) is 19.7 Å². The largest absolute Gasteiger partial charge is 0.381 e. The van der Waals surface area contributed by atoms with E-state index in [0.717, 1.165) is 31.6 Å². The summed E-state index contributed by atoms with van der Waals surface area (Å²) >= 11 is 0. The molecule has 1 fully saturated rings. The van der Waals surface area contributed by atoms with Crippen molar-refractivity contribution in [1.82, 2.24) is 24.6 Å². The number of nitrogens with one attached hydrogen (secondary N) is 1. The maximum atomic E-state index is 13.4. The number of carbonyl (C=O) groups is 1. The Morgan fingerprint density at radius 3 is 3.07 bits per heavy atom. The molecule has 1 amide bonds. The summed E-state index contributed by atoms with van der Waals surface area (Å²) in [5, 5.41) is 4.66. The van der Waals surface area contributed by atoms with E-state index in [-0.39, 0.29) is 17.6 Å². The van der Waals surface area contributed by atoms with Crippen molar-refractivity contribution in [2.75, 3.05) is 19.8 Å². The average molecular weight is 369 g/mol. The Morgan fingerprint density at radius 2 is 2.22 bits per heavy atom. The lowest BCUT2D eigenvalue weighted by atomic mass is 10.1. The molecule has 140 valence electrons. The Balaban J connectivity index is 1.43. The zero-order chi connectivity index (χ0) is 18.4. The van der Waals surface area contributed by atoms with Gasteiger partial charge in [-0.2, -0.15) is 5.10 Å². The highest BCUT2D eigenvalue weighted by molar-refractivity contribution is 5.80. The molecule has 7 nitrogen and oxygen atoms in total. The first-order valence-corrected chi connectivity index (χ1v) is 9.26. The van der Waals surface area contributed by atoms with Crippen LogP contribution in [0.25, 0.3) is 22.6 Å². The fourth-order valence-corrected chi connectivity index (χ4v) is 3.86. The van der Waals surface area contributed by atoms with E-state index in [2.05, 4.69) is 15.1 Å². The third-order valence-corrected chi connectivity index (χ3v) is 5.29. The molecular weight excluding hydrogens is 349 g/mol. The minimum Gasteiger partial charge on any atom is -0.381 e. The van der Waals surface area contributed by atoms with Gasteiger partial charge in [0.05, 0.1) is 35.8 Å². The molecule has 27 heavy (non-hydrogen) atoms. The van der Waals surface area contributed by atoms with Gasteiger partial charge in [0.15, 0.2) is 5.82 Å². The standard InChI is InChI=1S/C19H20FN5O2/c20-13-2-3-15-16(8-13)22-18(21-15)17-9-14-10-24(5-1-6-25(14)23-17)19(26)12-4-7-27-11-12/h2-3,8-9,12H,1,4-7,10-11H2,(H,21,22). The summed E-state index contributed by atoms with van der Waals surface area (Å²) in [7, 11) is 0. The highest BCUT2D eigenvalue weighted by atomic mass is 19.1. The number of aromatic nitrogens is 4. The van der Waals surface area contributed by atoms with Crippen molar-refractivity contribution >= 4 is 16.9 Å².